The summed E-state index contributed by atoms with van der Waals surface area (Å²) in [6, 6.07) is 69.7. The van der Waals surface area contributed by atoms with E-state index in [-0.39, 0.29) is 0 Å². The van der Waals surface area contributed by atoms with Crippen LogP contribution in [0.4, 0.5) is 0 Å². The molecule has 4 heteroatoms. The van der Waals surface area contributed by atoms with Crippen molar-refractivity contribution >= 4 is 87.5 Å². The van der Waals surface area contributed by atoms with Crippen LogP contribution in [0.15, 0.2) is 203 Å². The fourth-order valence-corrected chi connectivity index (χ4v) is 10.0. The normalized spacial score (nSPS) is 12.1. The summed E-state index contributed by atoms with van der Waals surface area (Å²) in [5.41, 5.74) is 15.2. The molecule has 13 rings (SSSR count). The Labute approximate surface area is 344 Å². The number of hydrogen-bond acceptors (Lipinski definition) is 2. The molecule has 60 heavy (non-hydrogen) atoms. The predicted molar refractivity (Wildman–Crippen MR) is 248 cm³/mol. The monoisotopic (exact) mass is 768 g/mol. The highest BCUT2D eigenvalue weighted by Crippen LogP contribution is 2.46. The largest absolute Gasteiger partial charge is 0.456 e. The molecule has 13 aromatic rings. The Morgan fingerprint density at radius 1 is 0.317 bits per heavy atom. The van der Waals surface area contributed by atoms with Crippen molar-refractivity contribution in [3.05, 3.63) is 216 Å². The molecule has 0 saturated heterocycles. The standard InChI is InChI=1S/C56H36N2O2/c1-3-15-35(16-4-1)31-45-53-43-33-37(57-47-23-11-7-19-39(47)40-20-8-12-24-48(40)57)27-29-51(43)60-56(53)46(32-36-17-5-2-6-18-36)54-44-34-38(28-30-52(44)59-55(45)54)58-49-25-13-9-21-41(49)42-22-10-14-26-50(42)58/h1-30,33-34H,31-32H2. The number of hydrogen-bond donors (Lipinski definition) is 0. The van der Waals surface area contributed by atoms with Gasteiger partial charge in [-0.2, -0.15) is 0 Å². The van der Waals surface area contributed by atoms with Crippen molar-refractivity contribution < 1.29 is 8.83 Å². The Kier molecular flexibility index (Phi) is 7.10. The van der Waals surface area contributed by atoms with Gasteiger partial charge in [-0.3, -0.25) is 0 Å². The molecule has 0 aliphatic heterocycles. The Bertz CT molecular complexity index is 3470. The molecule has 9 aromatic carbocycles. The second kappa shape index (κ2) is 12.8. The lowest BCUT2D eigenvalue weighted by atomic mass is 9.91. The lowest BCUT2D eigenvalue weighted by Crippen LogP contribution is -1.97. The first-order valence-corrected chi connectivity index (χ1v) is 20.7. The van der Waals surface area contributed by atoms with Crippen LogP contribution in [-0.2, 0) is 12.8 Å². The minimum absolute atomic E-state index is 0.688. The van der Waals surface area contributed by atoms with Crippen LogP contribution in [0.2, 0.25) is 0 Å². The third-order valence-corrected chi connectivity index (χ3v) is 12.6. The van der Waals surface area contributed by atoms with E-state index in [4.69, 9.17) is 8.83 Å². The van der Waals surface area contributed by atoms with Crippen LogP contribution < -0.4 is 0 Å². The Balaban J connectivity index is 1.15. The van der Waals surface area contributed by atoms with Gasteiger partial charge in [0.15, 0.2) is 0 Å². The van der Waals surface area contributed by atoms with Crippen LogP contribution in [0.3, 0.4) is 0 Å². The summed E-state index contributed by atoms with van der Waals surface area (Å²) < 4.78 is 19.1. The van der Waals surface area contributed by atoms with E-state index in [0.717, 1.165) is 66.4 Å². The minimum atomic E-state index is 0.688. The van der Waals surface area contributed by atoms with Crippen molar-refractivity contribution in [2.24, 2.45) is 0 Å². The summed E-state index contributed by atoms with van der Waals surface area (Å²) in [5.74, 6) is 0. The molecule has 4 nitrogen and oxygen atoms in total. The number of fused-ring (bicyclic) bond motifs is 12. The third kappa shape index (κ3) is 4.85. The summed E-state index contributed by atoms with van der Waals surface area (Å²) >= 11 is 0. The fourth-order valence-electron chi connectivity index (χ4n) is 10.0. The van der Waals surface area contributed by atoms with E-state index in [2.05, 4.69) is 203 Å². The van der Waals surface area contributed by atoms with Crippen molar-refractivity contribution in [1.82, 2.24) is 9.13 Å². The zero-order chi connectivity index (χ0) is 39.3. The number of furan rings is 2. The van der Waals surface area contributed by atoms with Gasteiger partial charge in [0, 0.05) is 78.4 Å². The first kappa shape index (κ1) is 33.2. The van der Waals surface area contributed by atoms with Gasteiger partial charge in [0.1, 0.15) is 22.3 Å². The second-order valence-electron chi connectivity index (χ2n) is 16.0. The van der Waals surface area contributed by atoms with Crippen molar-refractivity contribution in [2.75, 3.05) is 0 Å². The number of nitrogens with zero attached hydrogens (tertiary/aromatic N) is 2. The summed E-state index contributed by atoms with van der Waals surface area (Å²) in [4.78, 5) is 0. The van der Waals surface area contributed by atoms with Crippen LogP contribution in [0.1, 0.15) is 22.3 Å². The number of para-hydroxylation sites is 4. The molecule has 0 saturated carbocycles. The molecule has 0 bridgehead atoms. The number of aromatic nitrogens is 2. The lowest BCUT2D eigenvalue weighted by Gasteiger charge is -2.12. The molecule has 0 unspecified atom stereocenters. The molecule has 0 N–H and O–H groups in total. The fraction of sp³-hybridized carbons (Fsp3) is 0.0357. The molecule has 0 aliphatic rings. The first-order valence-electron chi connectivity index (χ1n) is 20.7. The highest BCUT2D eigenvalue weighted by Gasteiger charge is 2.26. The third-order valence-electron chi connectivity index (χ3n) is 12.6. The van der Waals surface area contributed by atoms with Crippen LogP contribution in [0.5, 0.6) is 0 Å². The molecule has 4 heterocycles. The van der Waals surface area contributed by atoms with Gasteiger partial charge < -0.3 is 18.0 Å². The van der Waals surface area contributed by atoms with Gasteiger partial charge in [0.05, 0.1) is 22.1 Å². The molecular weight excluding hydrogens is 733 g/mol. The van der Waals surface area contributed by atoms with Gasteiger partial charge in [-0.1, -0.05) is 133 Å². The molecular formula is C56H36N2O2. The molecule has 0 fully saturated rings. The van der Waals surface area contributed by atoms with Gasteiger partial charge >= 0.3 is 0 Å². The zero-order valence-corrected chi connectivity index (χ0v) is 32.6. The van der Waals surface area contributed by atoms with Gasteiger partial charge in [-0.25, -0.2) is 0 Å². The number of rotatable bonds is 6. The Morgan fingerprint density at radius 3 is 1.02 bits per heavy atom. The molecule has 0 atom stereocenters. The maximum Gasteiger partial charge on any atom is 0.140 e. The molecule has 0 radical (unpaired) electrons. The van der Waals surface area contributed by atoms with E-state index in [1.165, 1.54) is 54.7 Å². The molecule has 0 amide bonds. The van der Waals surface area contributed by atoms with Crippen LogP contribution in [0, 0.1) is 0 Å². The summed E-state index contributed by atoms with van der Waals surface area (Å²) in [7, 11) is 0. The average molecular weight is 769 g/mol. The van der Waals surface area contributed by atoms with E-state index in [1.807, 2.05) is 0 Å². The highest BCUT2D eigenvalue weighted by atomic mass is 16.3. The molecule has 4 aromatic heterocycles. The van der Waals surface area contributed by atoms with Crippen molar-refractivity contribution in [1.29, 1.82) is 0 Å². The SMILES string of the molecule is c1ccc(Cc2c3oc4ccc(-n5c6ccccc6c6ccccc65)cc4c3c(Cc3ccccc3)c3oc4ccc(-n5c6ccccc6c6ccccc65)cc4c23)cc1. The molecule has 282 valence electrons. The summed E-state index contributed by atoms with van der Waals surface area (Å²) in [6.07, 6.45) is 1.38. The Hall–Kier alpha value is -7.82. The van der Waals surface area contributed by atoms with E-state index >= 15 is 0 Å². The summed E-state index contributed by atoms with van der Waals surface area (Å²) in [5, 5.41) is 9.34. The van der Waals surface area contributed by atoms with Crippen LogP contribution in [0.25, 0.3) is 98.9 Å². The van der Waals surface area contributed by atoms with E-state index in [1.54, 1.807) is 0 Å². The van der Waals surface area contributed by atoms with Gasteiger partial charge in [0.2, 0.25) is 0 Å². The second-order valence-corrected chi connectivity index (χ2v) is 16.0. The maximum atomic E-state index is 7.17. The smallest absolute Gasteiger partial charge is 0.140 e. The van der Waals surface area contributed by atoms with Gasteiger partial charge in [-0.05, 0) is 71.8 Å². The van der Waals surface area contributed by atoms with Crippen molar-refractivity contribution in [3.63, 3.8) is 0 Å². The van der Waals surface area contributed by atoms with Crippen LogP contribution in [-0.4, -0.2) is 9.13 Å². The Morgan fingerprint density at radius 2 is 0.650 bits per heavy atom. The quantitative estimate of drug-likeness (QED) is 0.169. The highest BCUT2D eigenvalue weighted by molar-refractivity contribution is 6.21. The van der Waals surface area contributed by atoms with Gasteiger partial charge in [0.25, 0.3) is 0 Å². The molecule has 0 spiro atoms. The first-order chi connectivity index (χ1) is 29.8. The number of benzene rings is 9. The van der Waals surface area contributed by atoms with E-state index in [9.17, 15) is 0 Å². The van der Waals surface area contributed by atoms with Gasteiger partial charge in [-0.15, -0.1) is 0 Å². The summed E-state index contributed by atoms with van der Waals surface area (Å²) in [6.45, 7) is 0. The van der Waals surface area contributed by atoms with Crippen LogP contribution >= 0.6 is 0 Å². The predicted octanol–water partition coefficient (Wildman–Crippen LogP) is 14.9. The lowest BCUT2D eigenvalue weighted by molar-refractivity contribution is 0.657. The van der Waals surface area contributed by atoms with Crippen molar-refractivity contribution in [3.8, 4) is 11.4 Å². The molecule has 0 aliphatic carbocycles. The average Bonchev–Trinajstić information content (AvgIpc) is 4.06. The topological polar surface area (TPSA) is 36.1 Å². The maximum absolute atomic E-state index is 7.17. The van der Waals surface area contributed by atoms with Crippen molar-refractivity contribution in [2.45, 2.75) is 12.8 Å². The van der Waals surface area contributed by atoms with E-state index < -0.39 is 0 Å². The zero-order valence-electron chi connectivity index (χ0n) is 32.6. The van der Waals surface area contributed by atoms with E-state index in [0.29, 0.717) is 12.8 Å². The minimum Gasteiger partial charge on any atom is -0.456 e.